The Morgan fingerprint density at radius 2 is 1.84 bits per heavy atom. The molecule has 164 valence electrons. The van der Waals surface area contributed by atoms with Gasteiger partial charge in [0, 0.05) is 6.54 Å². The van der Waals surface area contributed by atoms with Crippen LogP contribution in [-0.4, -0.2) is 37.2 Å². The fourth-order valence-corrected chi connectivity index (χ4v) is 3.58. The molecule has 0 radical (unpaired) electrons. The van der Waals surface area contributed by atoms with E-state index in [1.807, 2.05) is 30.3 Å². The van der Waals surface area contributed by atoms with Gasteiger partial charge in [0.1, 0.15) is 6.61 Å². The molecule has 2 aromatic rings. The number of ether oxygens (including phenoxy) is 2. The smallest absolute Gasteiger partial charge is 0.417 e. The summed E-state index contributed by atoms with van der Waals surface area (Å²) in [6, 6.07) is 12.4. The Balaban J connectivity index is 1.82. The number of nitrogens with zero attached hydrogens (tertiary/aromatic N) is 1. The number of carbonyl (C=O) groups is 2. The van der Waals surface area contributed by atoms with Crippen LogP contribution in [0.4, 0.5) is 18.0 Å². The van der Waals surface area contributed by atoms with Gasteiger partial charge in [0.2, 0.25) is 0 Å². The van der Waals surface area contributed by atoms with E-state index in [1.165, 1.54) is 24.1 Å². The van der Waals surface area contributed by atoms with Gasteiger partial charge in [-0.25, -0.2) is 9.59 Å². The number of rotatable bonds is 4. The largest absolute Gasteiger partial charge is 0.466 e. The molecule has 9 heteroatoms. The number of alkyl halides is 3. The van der Waals surface area contributed by atoms with E-state index >= 15 is 0 Å². The highest BCUT2D eigenvalue weighted by atomic mass is 35.5. The molecule has 0 fully saturated rings. The van der Waals surface area contributed by atoms with Crippen molar-refractivity contribution in [1.82, 2.24) is 4.90 Å². The minimum absolute atomic E-state index is 0.0782. The predicted octanol–water partition coefficient (Wildman–Crippen LogP) is 5.33. The van der Waals surface area contributed by atoms with Crippen molar-refractivity contribution >= 4 is 29.2 Å². The van der Waals surface area contributed by atoms with Crippen LogP contribution in [0.2, 0.25) is 5.02 Å². The molecule has 5 nitrogen and oxygen atoms in total. The number of esters is 1. The lowest BCUT2D eigenvalue weighted by Gasteiger charge is -2.29. The molecule has 0 saturated carbocycles. The van der Waals surface area contributed by atoms with Crippen molar-refractivity contribution in [3.05, 3.63) is 75.8 Å². The van der Waals surface area contributed by atoms with Gasteiger partial charge < -0.3 is 14.4 Å². The second-order valence-electron chi connectivity index (χ2n) is 6.85. The van der Waals surface area contributed by atoms with Gasteiger partial charge in [-0.15, -0.1) is 0 Å². The van der Waals surface area contributed by atoms with Gasteiger partial charge in [-0.05, 0) is 35.3 Å². The number of methoxy groups -OCH3 is 1. The molecule has 31 heavy (non-hydrogen) atoms. The van der Waals surface area contributed by atoms with E-state index in [1.54, 1.807) is 0 Å². The van der Waals surface area contributed by atoms with Gasteiger partial charge in [-0.2, -0.15) is 13.2 Å². The third-order valence-electron chi connectivity index (χ3n) is 4.86. The van der Waals surface area contributed by atoms with Gasteiger partial charge in [-0.3, -0.25) is 0 Å². The van der Waals surface area contributed by atoms with Crippen LogP contribution in [0.25, 0.3) is 5.57 Å². The van der Waals surface area contributed by atoms with Gasteiger partial charge in [0.15, 0.2) is 0 Å². The summed E-state index contributed by atoms with van der Waals surface area (Å²) in [6.07, 6.45) is -4.96. The van der Waals surface area contributed by atoms with Crippen molar-refractivity contribution in [1.29, 1.82) is 0 Å². The third-order valence-corrected chi connectivity index (χ3v) is 5.18. The van der Waals surface area contributed by atoms with Crippen LogP contribution in [0, 0.1) is 0 Å². The van der Waals surface area contributed by atoms with Crippen LogP contribution in [0.1, 0.15) is 23.1 Å². The number of carbonyl (C=O) groups excluding carboxylic acids is 2. The average Bonchev–Trinajstić information content (AvgIpc) is 2.76. The average molecular weight is 454 g/mol. The lowest BCUT2D eigenvalue weighted by atomic mass is 9.92. The molecule has 1 heterocycles. The first kappa shape index (κ1) is 22.7. The van der Waals surface area contributed by atoms with E-state index in [0.29, 0.717) is 11.1 Å². The fraction of sp³-hybridized carbons (Fsp3) is 0.273. The zero-order chi connectivity index (χ0) is 22.6. The van der Waals surface area contributed by atoms with Crippen LogP contribution >= 0.6 is 11.6 Å². The van der Waals surface area contributed by atoms with E-state index in [-0.39, 0.29) is 31.7 Å². The zero-order valence-electron chi connectivity index (χ0n) is 16.5. The molecule has 1 amide bonds. The second kappa shape index (κ2) is 9.43. The molecular formula is C22H19ClF3NO4. The molecular weight excluding hydrogens is 435 g/mol. The van der Waals surface area contributed by atoms with Crippen LogP contribution in [0.15, 0.2) is 54.1 Å². The Kier molecular flexibility index (Phi) is 6.90. The summed E-state index contributed by atoms with van der Waals surface area (Å²) >= 11 is 5.83. The van der Waals surface area contributed by atoms with Crippen LogP contribution in [0.5, 0.6) is 0 Å². The maximum Gasteiger partial charge on any atom is 0.417 e. The summed E-state index contributed by atoms with van der Waals surface area (Å²) in [5.41, 5.74) is 0.878. The summed E-state index contributed by atoms with van der Waals surface area (Å²) in [6.45, 7) is 0.213. The topological polar surface area (TPSA) is 55.8 Å². The molecule has 0 atom stereocenters. The number of halogens is 4. The second-order valence-corrected chi connectivity index (χ2v) is 7.26. The maximum atomic E-state index is 13.0. The zero-order valence-corrected chi connectivity index (χ0v) is 17.3. The van der Waals surface area contributed by atoms with E-state index in [9.17, 15) is 22.8 Å². The highest BCUT2D eigenvalue weighted by Gasteiger charge is 2.34. The molecule has 0 bridgehead atoms. The summed E-state index contributed by atoms with van der Waals surface area (Å²) in [5.74, 6) is -0.674. The van der Waals surface area contributed by atoms with Gasteiger partial charge in [0.25, 0.3) is 0 Å². The Bertz CT molecular complexity index is 1010. The monoisotopic (exact) mass is 453 g/mol. The molecule has 0 spiro atoms. The molecule has 1 aliphatic heterocycles. The normalized spacial score (nSPS) is 14.4. The Morgan fingerprint density at radius 1 is 1.13 bits per heavy atom. The number of benzene rings is 2. The van der Waals surface area contributed by atoms with Crippen molar-refractivity contribution in [2.75, 3.05) is 20.2 Å². The molecule has 0 N–H and O–H groups in total. The standard InChI is InChI=1S/C22H19ClF3NO4/c1-30-20(28)17-12-27(21(29)31-13-14-5-3-2-4-6-14)10-9-16(17)15-7-8-18(19(23)11-15)22(24,25)26/h2-8,11H,9-10,12-13H2,1H3. The predicted molar refractivity (Wildman–Crippen MR) is 108 cm³/mol. The van der Waals surface area contributed by atoms with E-state index in [4.69, 9.17) is 21.1 Å². The summed E-state index contributed by atoms with van der Waals surface area (Å²) < 4.78 is 49.1. The highest BCUT2D eigenvalue weighted by Crippen LogP contribution is 2.37. The Labute approximate surface area is 182 Å². The molecule has 0 saturated heterocycles. The molecule has 2 aromatic carbocycles. The SMILES string of the molecule is COC(=O)C1=C(c2ccc(C(F)(F)F)c(Cl)c2)CCN(C(=O)OCc2ccccc2)C1. The van der Waals surface area contributed by atoms with E-state index in [0.717, 1.165) is 11.6 Å². The van der Waals surface area contributed by atoms with Gasteiger partial charge >= 0.3 is 18.2 Å². The summed E-state index contributed by atoms with van der Waals surface area (Å²) in [4.78, 5) is 26.2. The van der Waals surface area contributed by atoms with Gasteiger partial charge in [0.05, 0.1) is 29.8 Å². The van der Waals surface area contributed by atoms with Crippen LogP contribution in [-0.2, 0) is 27.1 Å². The lowest BCUT2D eigenvalue weighted by Crippen LogP contribution is -2.39. The Hall–Kier alpha value is -3.00. The number of hydrogen-bond acceptors (Lipinski definition) is 4. The summed E-state index contributed by atoms with van der Waals surface area (Å²) in [5, 5.41) is -0.466. The first-order valence-corrected chi connectivity index (χ1v) is 9.71. The minimum Gasteiger partial charge on any atom is -0.466 e. The van der Waals surface area contributed by atoms with Crippen LogP contribution in [0.3, 0.4) is 0 Å². The highest BCUT2D eigenvalue weighted by molar-refractivity contribution is 6.31. The molecule has 1 aliphatic rings. The van der Waals surface area contributed by atoms with Crippen LogP contribution < -0.4 is 0 Å². The number of amides is 1. The first-order valence-electron chi connectivity index (χ1n) is 9.33. The molecule has 0 aliphatic carbocycles. The first-order chi connectivity index (χ1) is 14.7. The van der Waals surface area contributed by atoms with Crippen molar-refractivity contribution < 1.29 is 32.2 Å². The van der Waals surface area contributed by atoms with E-state index in [2.05, 4.69) is 0 Å². The van der Waals surface area contributed by atoms with Crippen molar-refractivity contribution in [3.63, 3.8) is 0 Å². The molecule has 3 rings (SSSR count). The molecule has 0 unspecified atom stereocenters. The Morgan fingerprint density at radius 3 is 2.45 bits per heavy atom. The fourth-order valence-electron chi connectivity index (χ4n) is 3.29. The van der Waals surface area contributed by atoms with E-state index < -0.39 is 28.8 Å². The number of hydrogen-bond donors (Lipinski definition) is 0. The quantitative estimate of drug-likeness (QED) is 0.587. The lowest BCUT2D eigenvalue weighted by molar-refractivity contribution is -0.138. The molecule has 0 aromatic heterocycles. The third kappa shape index (κ3) is 5.38. The van der Waals surface area contributed by atoms with Crippen molar-refractivity contribution in [2.24, 2.45) is 0 Å². The maximum absolute atomic E-state index is 13.0. The minimum atomic E-state index is -4.58. The van der Waals surface area contributed by atoms with Gasteiger partial charge in [-0.1, -0.05) is 48.0 Å². The summed E-state index contributed by atoms with van der Waals surface area (Å²) in [7, 11) is 1.19. The van der Waals surface area contributed by atoms with Crippen molar-refractivity contribution in [3.8, 4) is 0 Å². The van der Waals surface area contributed by atoms with Crippen molar-refractivity contribution in [2.45, 2.75) is 19.2 Å².